The third kappa shape index (κ3) is 4.68. The van der Waals surface area contributed by atoms with Crippen LogP contribution in [0.15, 0.2) is 36.5 Å². The summed E-state index contributed by atoms with van der Waals surface area (Å²) in [6, 6.07) is 7.55. The summed E-state index contributed by atoms with van der Waals surface area (Å²) >= 11 is 0. The van der Waals surface area contributed by atoms with E-state index in [0.29, 0.717) is 49.0 Å². The largest absolute Gasteiger partial charge is 0.417 e. The second-order valence-electron chi connectivity index (χ2n) is 9.03. The molecule has 1 aromatic carbocycles. The van der Waals surface area contributed by atoms with Gasteiger partial charge in [-0.05, 0) is 49.2 Å². The van der Waals surface area contributed by atoms with Gasteiger partial charge in [-0.1, -0.05) is 0 Å². The van der Waals surface area contributed by atoms with E-state index in [1.54, 1.807) is 23.1 Å². The van der Waals surface area contributed by atoms with E-state index in [9.17, 15) is 18.0 Å². The molecule has 2 aliphatic rings. The molecule has 1 saturated heterocycles. The number of halogens is 3. The van der Waals surface area contributed by atoms with Gasteiger partial charge in [-0.2, -0.15) is 13.2 Å². The van der Waals surface area contributed by atoms with Gasteiger partial charge in [0.05, 0.1) is 42.6 Å². The van der Waals surface area contributed by atoms with Gasteiger partial charge >= 0.3 is 6.18 Å². The number of hydrogen-bond donors (Lipinski definition) is 1. The summed E-state index contributed by atoms with van der Waals surface area (Å²) in [5.74, 6) is 0.333. The number of aromatic nitrogens is 2. The van der Waals surface area contributed by atoms with E-state index in [4.69, 9.17) is 15.2 Å². The van der Waals surface area contributed by atoms with Crippen molar-refractivity contribution in [1.82, 2.24) is 14.9 Å². The zero-order chi connectivity index (χ0) is 24.7. The molecule has 5 rings (SSSR count). The summed E-state index contributed by atoms with van der Waals surface area (Å²) in [5.41, 5.74) is 8.59. The summed E-state index contributed by atoms with van der Waals surface area (Å²) < 4.78 is 50.0. The van der Waals surface area contributed by atoms with Crippen molar-refractivity contribution in [3.05, 3.63) is 64.5 Å². The molecule has 2 aromatic heterocycles. The highest BCUT2D eigenvalue weighted by atomic mass is 19.4. The summed E-state index contributed by atoms with van der Waals surface area (Å²) in [4.78, 5) is 23.7. The van der Waals surface area contributed by atoms with Crippen LogP contribution in [-0.2, 0) is 28.8 Å². The molecule has 2 N–H and O–H groups in total. The Kier molecular flexibility index (Phi) is 6.10. The van der Waals surface area contributed by atoms with Crippen LogP contribution in [0.1, 0.15) is 52.2 Å². The molecule has 2 atom stereocenters. The second kappa shape index (κ2) is 9.09. The minimum Gasteiger partial charge on any atom is -0.383 e. The topological polar surface area (TPSA) is 90.6 Å². The van der Waals surface area contributed by atoms with Crippen LogP contribution in [0.25, 0.3) is 10.9 Å². The predicted molar refractivity (Wildman–Crippen MR) is 122 cm³/mol. The molecular formula is C25H25F3N4O3. The van der Waals surface area contributed by atoms with E-state index < -0.39 is 11.7 Å². The molecule has 0 aliphatic carbocycles. The molecule has 3 aromatic rings. The Morgan fingerprint density at radius 2 is 2.09 bits per heavy atom. The zero-order valence-electron chi connectivity index (χ0n) is 19.1. The van der Waals surface area contributed by atoms with E-state index in [-0.39, 0.29) is 24.5 Å². The first-order valence-corrected chi connectivity index (χ1v) is 11.4. The Labute approximate surface area is 200 Å². The summed E-state index contributed by atoms with van der Waals surface area (Å²) in [5, 5.41) is 0.807. The van der Waals surface area contributed by atoms with Crippen molar-refractivity contribution in [2.24, 2.45) is 5.92 Å². The van der Waals surface area contributed by atoms with E-state index >= 15 is 0 Å². The average Bonchev–Trinajstić information content (AvgIpc) is 3.48. The lowest BCUT2D eigenvalue weighted by Crippen LogP contribution is -2.35. The Balaban J connectivity index is 1.46. The van der Waals surface area contributed by atoms with Crippen molar-refractivity contribution >= 4 is 22.6 Å². The Morgan fingerprint density at radius 1 is 1.26 bits per heavy atom. The average molecular weight is 486 g/mol. The number of fused-ring (bicyclic) bond motifs is 3. The van der Waals surface area contributed by atoms with E-state index in [2.05, 4.69) is 9.97 Å². The number of nitrogens with zero attached hydrogens (tertiary/aromatic N) is 3. The van der Waals surface area contributed by atoms with Crippen LogP contribution >= 0.6 is 0 Å². The third-order valence-electron chi connectivity index (χ3n) is 6.59. The summed E-state index contributed by atoms with van der Waals surface area (Å²) in [6.07, 6.45) is -3.03. The Bertz CT molecular complexity index is 1260. The molecule has 35 heavy (non-hydrogen) atoms. The van der Waals surface area contributed by atoms with Crippen molar-refractivity contribution < 1.29 is 27.4 Å². The first-order valence-electron chi connectivity index (χ1n) is 11.4. The quantitative estimate of drug-likeness (QED) is 0.571. The number of amides is 1. The molecule has 2 aliphatic heterocycles. The lowest BCUT2D eigenvalue weighted by atomic mass is 9.99. The first-order chi connectivity index (χ1) is 16.7. The Hall–Kier alpha value is -3.24. The predicted octanol–water partition coefficient (Wildman–Crippen LogP) is 4.50. The molecule has 4 heterocycles. The monoisotopic (exact) mass is 486 g/mol. The number of pyridine rings is 2. The van der Waals surface area contributed by atoms with Crippen LogP contribution in [0, 0.1) is 5.92 Å². The number of rotatable bonds is 5. The maximum absolute atomic E-state index is 13.6. The minimum atomic E-state index is -4.47. The highest BCUT2D eigenvalue weighted by molar-refractivity contribution is 5.99. The molecular weight excluding hydrogens is 461 g/mol. The van der Waals surface area contributed by atoms with E-state index in [0.717, 1.165) is 35.2 Å². The van der Waals surface area contributed by atoms with Crippen molar-refractivity contribution in [3.8, 4) is 0 Å². The Morgan fingerprint density at radius 3 is 2.77 bits per heavy atom. The van der Waals surface area contributed by atoms with Crippen LogP contribution in [0.5, 0.6) is 0 Å². The highest BCUT2D eigenvalue weighted by Gasteiger charge is 2.31. The second-order valence-corrected chi connectivity index (χ2v) is 9.03. The van der Waals surface area contributed by atoms with Gasteiger partial charge in [0.1, 0.15) is 5.82 Å². The molecule has 0 spiro atoms. The molecule has 1 amide bonds. The van der Waals surface area contributed by atoms with Crippen LogP contribution in [0.4, 0.5) is 19.0 Å². The fourth-order valence-corrected chi connectivity index (χ4v) is 4.72. The molecule has 10 heteroatoms. The van der Waals surface area contributed by atoms with Gasteiger partial charge < -0.3 is 20.1 Å². The third-order valence-corrected chi connectivity index (χ3v) is 6.59. The van der Waals surface area contributed by atoms with Gasteiger partial charge in [-0.25, -0.2) is 4.98 Å². The normalized spacial score (nSPS) is 19.8. The smallest absolute Gasteiger partial charge is 0.383 e. The first kappa shape index (κ1) is 23.5. The molecule has 0 bridgehead atoms. The van der Waals surface area contributed by atoms with Crippen molar-refractivity contribution in [1.29, 1.82) is 0 Å². The van der Waals surface area contributed by atoms with Gasteiger partial charge in [0, 0.05) is 41.8 Å². The molecule has 184 valence electrons. The zero-order valence-corrected chi connectivity index (χ0v) is 19.1. The van der Waals surface area contributed by atoms with Crippen LogP contribution in [-0.4, -0.2) is 40.5 Å². The van der Waals surface area contributed by atoms with Gasteiger partial charge in [0.25, 0.3) is 5.91 Å². The fraction of sp³-hybridized carbons (Fsp3) is 0.400. The van der Waals surface area contributed by atoms with Crippen molar-refractivity contribution in [3.63, 3.8) is 0 Å². The SMILES string of the molecule is C[C@@H]1OCc2c1c(N)nc1ccc(C(=O)N(Cc3ccc(C(F)(F)F)cn3)C[C@@H]3CCOC3)cc21. The standard InChI is InChI=1S/C25H25F3N4O3/c1-14-22-20(13-35-14)19-8-16(2-5-21(19)31-23(22)29)24(33)32(10-15-6-7-34-12-15)11-18-4-3-17(9-30-18)25(26,27)28/h2-5,8-9,14-15H,6-7,10-13H2,1H3,(H2,29,31)/t14-,15-/m0/s1. The number of nitrogens with two attached hydrogens (primary N) is 1. The molecule has 0 radical (unpaired) electrons. The number of anilines is 1. The van der Waals surface area contributed by atoms with Crippen LogP contribution in [0.3, 0.4) is 0 Å². The maximum Gasteiger partial charge on any atom is 0.417 e. The number of nitrogen functional groups attached to an aromatic ring is 1. The number of carbonyl (C=O) groups is 1. The lowest BCUT2D eigenvalue weighted by Gasteiger charge is -2.25. The number of ether oxygens (including phenoxy) is 2. The maximum atomic E-state index is 13.6. The summed E-state index contributed by atoms with van der Waals surface area (Å²) in [6.45, 7) is 3.96. The molecule has 1 fully saturated rings. The fourth-order valence-electron chi connectivity index (χ4n) is 4.72. The number of carbonyl (C=O) groups excluding carboxylic acids is 1. The van der Waals surface area contributed by atoms with Gasteiger partial charge in [0.15, 0.2) is 0 Å². The number of hydrogen-bond acceptors (Lipinski definition) is 6. The van der Waals surface area contributed by atoms with Crippen molar-refractivity contribution in [2.45, 2.75) is 38.8 Å². The number of benzene rings is 1. The number of alkyl halides is 3. The molecule has 7 nitrogen and oxygen atoms in total. The van der Waals surface area contributed by atoms with E-state index in [1.165, 1.54) is 6.07 Å². The highest BCUT2D eigenvalue weighted by Crippen LogP contribution is 2.38. The molecule has 0 unspecified atom stereocenters. The van der Waals surface area contributed by atoms with Crippen LogP contribution < -0.4 is 5.73 Å². The minimum absolute atomic E-state index is 0.0871. The van der Waals surface area contributed by atoms with Gasteiger partial charge in [0.2, 0.25) is 0 Å². The summed E-state index contributed by atoms with van der Waals surface area (Å²) in [7, 11) is 0. The van der Waals surface area contributed by atoms with Crippen LogP contribution in [0.2, 0.25) is 0 Å². The van der Waals surface area contributed by atoms with Crippen molar-refractivity contribution in [2.75, 3.05) is 25.5 Å². The lowest BCUT2D eigenvalue weighted by molar-refractivity contribution is -0.137. The van der Waals surface area contributed by atoms with Gasteiger partial charge in [-0.3, -0.25) is 9.78 Å². The van der Waals surface area contributed by atoms with E-state index in [1.807, 2.05) is 6.92 Å². The molecule has 0 saturated carbocycles. The van der Waals surface area contributed by atoms with Gasteiger partial charge in [-0.15, -0.1) is 0 Å².